The summed E-state index contributed by atoms with van der Waals surface area (Å²) in [4.78, 5) is 29.0. The zero-order valence-corrected chi connectivity index (χ0v) is 25.3. The average Bonchev–Trinajstić information content (AvgIpc) is 3.25. The van der Waals surface area contributed by atoms with Crippen LogP contribution in [0.1, 0.15) is 85.2 Å². The molecule has 3 N–H and O–H groups in total. The molecule has 0 fully saturated rings. The molecule has 0 saturated carbocycles. The van der Waals surface area contributed by atoms with E-state index in [9.17, 15) is 9.59 Å². The van der Waals surface area contributed by atoms with Crippen molar-refractivity contribution in [1.29, 1.82) is 0 Å². The number of hydrogen-bond donors (Lipinski definition) is 2. The summed E-state index contributed by atoms with van der Waals surface area (Å²) < 4.78 is 11.2. The van der Waals surface area contributed by atoms with Crippen LogP contribution in [-0.2, 0) is 4.74 Å². The van der Waals surface area contributed by atoms with Crippen molar-refractivity contribution in [3.63, 3.8) is 0 Å². The van der Waals surface area contributed by atoms with E-state index in [1.165, 1.54) is 37.7 Å². The van der Waals surface area contributed by atoms with Crippen LogP contribution in [0.2, 0.25) is 0 Å². The molecule has 0 aliphatic heterocycles. The van der Waals surface area contributed by atoms with Crippen molar-refractivity contribution in [2.45, 2.75) is 67.7 Å². The van der Waals surface area contributed by atoms with Crippen LogP contribution in [0.15, 0.2) is 30.3 Å². The Hall–Kier alpha value is -2.97. The van der Waals surface area contributed by atoms with Crippen molar-refractivity contribution >= 4 is 39.1 Å². The number of nitrogens with one attached hydrogen (secondary N) is 1. The van der Waals surface area contributed by atoms with Crippen molar-refractivity contribution < 1.29 is 19.1 Å². The second-order valence-corrected chi connectivity index (χ2v) is 10.5. The minimum Gasteiger partial charge on any atom is -0.496 e. The number of aryl methyl sites for hydroxylation is 2. The lowest BCUT2D eigenvalue weighted by atomic mass is 9.94. The molecule has 0 aliphatic carbocycles. The lowest BCUT2D eigenvalue weighted by Crippen LogP contribution is -2.19. The third-order valence-electron chi connectivity index (χ3n) is 5.80. The zero-order chi connectivity index (χ0) is 28.8. The fraction of sp³-hybridized carbons (Fsp3) is 0.500. The first-order chi connectivity index (χ1) is 18.1. The number of ether oxygens (including phenoxy) is 2. The molecule has 3 aromatic rings. The number of carbonyl (C=O) groups is 2. The lowest BCUT2D eigenvalue weighted by Gasteiger charge is -2.15. The fourth-order valence-corrected chi connectivity index (χ4v) is 5.23. The molecular weight excluding hydrogens is 498 g/mol. The summed E-state index contributed by atoms with van der Waals surface area (Å²) in [5.41, 5.74) is 8.06. The Bertz CT molecular complexity index is 1170. The largest absolute Gasteiger partial charge is 0.496 e. The molecule has 0 aliphatic rings. The number of aromatic nitrogens is 1. The quantitative estimate of drug-likeness (QED) is 0.277. The maximum Gasteiger partial charge on any atom is 0.260 e. The van der Waals surface area contributed by atoms with Crippen LogP contribution in [0.4, 0.5) is 5.69 Å². The lowest BCUT2D eigenvalue weighted by molar-refractivity contribution is 0.100. The van der Waals surface area contributed by atoms with Crippen molar-refractivity contribution in [3.05, 3.63) is 52.0 Å². The minimum absolute atomic E-state index is 0.255. The Balaban J connectivity index is 0.000000470. The van der Waals surface area contributed by atoms with E-state index in [0.29, 0.717) is 17.0 Å². The van der Waals surface area contributed by atoms with Gasteiger partial charge in [0.15, 0.2) is 0 Å². The maximum atomic E-state index is 12.9. The van der Waals surface area contributed by atoms with Gasteiger partial charge < -0.3 is 20.5 Å². The van der Waals surface area contributed by atoms with Crippen LogP contribution < -0.4 is 15.8 Å². The highest BCUT2D eigenvalue weighted by molar-refractivity contribution is 7.19. The van der Waals surface area contributed by atoms with Gasteiger partial charge in [0.1, 0.15) is 11.3 Å². The van der Waals surface area contributed by atoms with Gasteiger partial charge >= 0.3 is 0 Å². The summed E-state index contributed by atoms with van der Waals surface area (Å²) in [5, 5.41) is 3.64. The van der Waals surface area contributed by atoms with E-state index in [0.717, 1.165) is 39.2 Å². The minimum atomic E-state index is -0.603. The monoisotopic (exact) mass is 543 g/mol. The van der Waals surface area contributed by atoms with Crippen LogP contribution in [0, 0.1) is 25.7 Å². The molecule has 0 bridgehead atoms. The van der Waals surface area contributed by atoms with Crippen LogP contribution in [0.3, 0.4) is 0 Å². The molecular formula is C30H45N3O4S. The third kappa shape index (κ3) is 9.72. The summed E-state index contributed by atoms with van der Waals surface area (Å²) in [6.45, 7) is 15.5. The van der Waals surface area contributed by atoms with Gasteiger partial charge in [-0.25, -0.2) is 4.98 Å². The summed E-state index contributed by atoms with van der Waals surface area (Å²) in [5.74, 6) is 1.06. The molecule has 1 heterocycles. The number of carbonyl (C=O) groups excluding carboxylic acids is 2. The highest BCUT2D eigenvalue weighted by Crippen LogP contribution is 2.33. The number of nitrogens with two attached hydrogens (primary N) is 1. The van der Waals surface area contributed by atoms with E-state index < -0.39 is 5.91 Å². The molecule has 38 heavy (non-hydrogen) atoms. The van der Waals surface area contributed by atoms with Crippen molar-refractivity contribution in [2.75, 3.05) is 26.1 Å². The number of anilines is 1. The van der Waals surface area contributed by atoms with E-state index in [1.807, 2.05) is 33.8 Å². The summed E-state index contributed by atoms with van der Waals surface area (Å²) in [7, 11) is 3.29. The van der Waals surface area contributed by atoms with Gasteiger partial charge in [-0.1, -0.05) is 53.5 Å². The SMILES string of the molecule is CC.CCCC(C)CC(C)COC.COc1ccc2nc(C)sc2c1C(=O)Nc1cc(C)ccc1C(N)=O. The fourth-order valence-electron chi connectivity index (χ4n) is 4.28. The van der Waals surface area contributed by atoms with E-state index in [2.05, 4.69) is 31.1 Å². The zero-order valence-electron chi connectivity index (χ0n) is 24.4. The number of rotatable bonds is 10. The molecule has 2 unspecified atom stereocenters. The number of nitrogens with zero attached hydrogens (tertiary/aromatic N) is 1. The number of thiazole rings is 1. The molecule has 8 heteroatoms. The van der Waals surface area contributed by atoms with Gasteiger partial charge in [-0.05, 0) is 61.9 Å². The molecule has 3 rings (SSSR count). The van der Waals surface area contributed by atoms with E-state index >= 15 is 0 Å². The number of hydrogen-bond acceptors (Lipinski definition) is 6. The van der Waals surface area contributed by atoms with Crippen LogP contribution in [0.25, 0.3) is 10.2 Å². The first-order valence-corrected chi connectivity index (χ1v) is 14.1. The molecule has 0 radical (unpaired) electrons. The third-order valence-corrected chi connectivity index (χ3v) is 6.80. The standard InChI is InChI=1S/C18H17N3O3S.C10H22O.C2H6/c1-9-4-5-11(17(19)22)13(8-9)21-18(23)15-14(24-3)7-6-12-16(15)25-10(2)20-12;1-5-6-9(2)7-10(3)8-11-4;1-2/h4-8H,1-3H3,(H2,19,22)(H,21,23);9-10H,5-8H2,1-4H3;1-2H3. The Labute approximate surface area is 232 Å². The highest BCUT2D eigenvalue weighted by Gasteiger charge is 2.21. The van der Waals surface area contributed by atoms with Gasteiger partial charge in [0.05, 0.1) is 33.6 Å². The molecule has 0 spiro atoms. The number of amides is 2. The summed E-state index contributed by atoms with van der Waals surface area (Å²) in [6.07, 6.45) is 3.97. The first kappa shape index (κ1) is 33.1. The second-order valence-electron chi connectivity index (χ2n) is 9.28. The predicted octanol–water partition coefficient (Wildman–Crippen LogP) is 7.39. The molecule has 1 aromatic heterocycles. The van der Waals surface area contributed by atoms with Gasteiger partial charge in [-0.15, -0.1) is 11.3 Å². The molecule has 7 nitrogen and oxygen atoms in total. The Morgan fingerprint density at radius 2 is 1.76 bits per heavy atom. The van der Waals surface area contributed by atoms with E-state index in [1.54, 1.807) is 31.4 Å². The summed E-state index contributed by atoms with van der Waals surface area (Å²) >= 11 is 1.42. The van der Waals surface area contributed by atoms with Crippen molar-refractivity contribution in [1.82, 2.24) is 4.98 Å². The molecule has 0 saturated heterocycles. The Morgan fingerprint density at radius 3 is 2.34 bits per heavy atom. The van der Waals surface area contributed by atoms with Crippen LogP contribution >= 0.6 is 11.3 Å². The maximum absolute atomic E-state index is 12.9. The van der Waals surface area contributed by atoms with Crippen LogP contribution in [-0.4, -0.2) is 37.6 Å². The molecule has 2 atom stereocenters. The van der Waals surface area contributed by atoms with Crippen molar-refractivity contribution in [2.24, 2.45) is 17.6 Å². The van der Waals surface area contributed by atoms with Gasteiger partial charge in [0.2, 0.25) is 0 Å². The van der Waals surface area contributed by atoms with E-state index in [-0.39, 0.29) is 11.5 Å². The number of methoxy groups -OCH3 is 2. The number of fused-ring (bicyclic) bond motifs is 1. The Kier molecular flexibility index (Phi) is 14.6. The second kappa shape index (κ2) is 16.8. The Morgan fingerprint density at radius 1 is 1.08 bits per heavy atom. The topological polar surface area (TPSA) is 104 Å². The van der Waals surface area contributed by atoms with Gasteiger partial charge in [-0.2, -0.15) is 0 Å². The normalized spacial score (nSPS) is 11.9. The highest BCUT2D eigenvalue weighted by atomic mass is 32.1. The van der Waals surface area contributed by atoms with Crippen molar-refractivity contribution in [3.8, 4) is 5.75 Å². The molecule has 210 valence electrons. The summed E-state index contributed by atoms with van der Waals surface area (Å²) in [6, 6.07) is 8.60. The number of benzene rings is 2. The van der Waals surface area contributed by atoms with Gasteiger partial charge in [0.25, 0.3) is 11.8 Å². The van der Waals surface area contributed by atoms with E-state index in [4.69, 9.17) is 15.2 Å². The number of primary amides is 1. The van der Waals surface area contributed by atoms with Gasteiger partial charge in [-0.3, -0.25) is 9.59 Å². The average molecular weight is 544 g/mol. The predicted molar refractivity (Wildman–Crippen MR) is 160 cm³/mol. The molecule has 2 aromatic carbocycles. The first-order valence-electron chi connectivity index (χ1n) is 13.3. The smallest absolute Gasteiger partial charge is 0.260 e. The molecule has 2 amide bonds. The van der Waals surface area contributed by atoms with Gasteiger partial charge in [0, 0.05) is 13.7 Å². The van der Waals surface area contributed by atoms with Crippen LogP contribution in [0.5, 0.6) is 5.75 Å².